The predicted molar refractivity (Wildman–Crippen MR) is 64.8 cm³/mol. The van der Waals surface area contributed by atoms with E-state index in [4.69, 9.17) is 0 Å². The first kappa shape index (κ1) is 12.3. The van der Waals surface area contributed by atoms with Gasteiger partial charge in [0.2, 0.25) is 10.0 Å². The molecule has 1 saturated carbocycles. The molecule has 0 aromatic carbocycles. The summed E-state index contributed by atoms with van der Waals surface area (Å²) in [5.74, 6) is 0. The average molecular weight is 246 g/mol. The molecule has 1 saturated heterocycles. The molecule has 4 nitrogen and oxygen atoms in total. The maximum Gasteiger partial charge on any atom is 0.217 e. The van der Waals surface area contributed by atoms with Crippen molar-refractivity contribution in [1.82, 2.24) is 9.62 Å². The van der Waals surface area contributed by atoms with E-state index in [1.807, 2.05) is 0 Å². The largest absolute Gasteiger partial charge is 0.315 e. The molecule has 1 heterocycles. The molecule has 1 unspecified atom stereocenters. The molecule has 0 aromatic rings. The quantitative estimate of drug-likeness (QED) is 0.806. The van der Waals surface area contributed by atoms with E-state index in [0.29, 0.717) is 0 Å². The third-order valence-corrected chi connectivity index (χ3v) is 6.34. The van der Waals surface area contributed by atoms with Crippen molar-refractivity contribution in [3.63, 3.8) is 0 Å². The third kappa shape index (κ3) is 2.41. The van der Waals surface area contributed by atoms with Crippen molar-refractivity contribution in [2.45, 2.75) is 49.8 Å². The van der Waals surface area contributed by atoms with Crippen LogP contribution in [0.25, 0.3) is 0 Å². The van der Waals surface area contributed by atoms with Gasteiger partial charge in [-0.25, -0.2) is 12.7 Å². The first-order valence-electron chi connectivity index (χ1n) is 6.30. The van der Waals surface area contributed by atoms with E-state index in [1.54, 1.807) is 11.4 Å². The SMILES string of the molecule is CN(C1CCNC1)S(=O)(=O)C1CCCCC1. The van der Waals surface area contributed by atoms with Crippen LogP contribution in [-0.2, 0) is 10.0 Å². The number of nitrogens with one attached hydrogen (secondary N) is 1. The van der Waals surface area contributed by atoms with Crippen molar-refractivity contribution >= 4 is 10.0 Å². The molecule has 5 heteroatoms. The molecular weight excluding hydrogens is 224 g/mol. The van der Waals surface area contributed by atoms with E-state index < -0.39 is 10.0 Å². The van der Waals surface area contributed by atoms with Crippen molar-refractivity contribution in [3.05, 3.63) is 0 Å². The van der Waals surface area contributed by atoms with Gasteiger partial charge >= 0.3 is 0 Å². The summed E-state index contributed by atoms with van der Waals surface area (Å²) in [7, 11) is -1.30. The molecule has 94 valence electrons. The van der Waals surface area contributed by atoms with E-state index in [9.17, 15) is 8.42 Å². The Morgan fingerprint density at radius 1 is 1.12 bits per heavy atom. The Kier molecular flexibility index (Phi) is 3.87. The van der Waals surface area contributed by atoms with Crippen molar-refractivity contribution in [3.8, 4) is 0 Å². The molecule has 0 bridgehead atoms. The van der Waals surface area contributed by atoms with Gasteiger partial charge in [-0.15, -0.1) is 0 Å². The smallest absolute Gasteiger partial charge is 0.217 e. The lowest BCUT2D eigenvalue weighted by Gasteiger charge is -2.30. The van der Waals surface area contributed by atoms with Crippen LogP contribution in [0.5, 0.6) is 0 Å². The summed E-state index contributed by atoms with van der Waals surface area (Å²) in [6.07, 6.45) is 5.99. The zero-order chi connectivity index (χ0) is 11.6. The summed E-state index contributed by atoms with van der Waals surface area (Å²) in [5, 5.41) is 3.10. The van der Waals surface area contributed by atoms with Gasteiger partial charge in [0.1, 0.15) is 0 Å². The minimum absolute atomic E-state index is 0.119. The molecule has 0 aromatic heterocycles. The highest BCUT2D eigenvalue weighted by atomic mass is 32.2. The minimum Gasteiger partial charge on any atom is -0.315 e. The van der Waals surface area contributed by atoms with Crippen LogP contribution < -0.4 is 5.32 Å². The predicted octanol–water partition coefficient (Wildman–Crippen LogP) is 0.943. The van der Waals surface area contributed by atoms with Crippen LogP contribution in [0, 0.1) is 0 Å². The molecule has 16 heavy (non-hydrogen) atoms. The standard InChI is InChI=1S/C11H22N2O2S/c1-13(10-7-8-12-9-10)16(14,15)11-5-3-2-4-6-11/h10-12H,2-9H2,1H3. The van der Waals surface area contributed by atoms with Crippen molar-refractivity contribution in [2.75, 3.05) is 20.1 Å². The van der Waals surface area contributed by atoms with E-state index in [0.717, 1.165) is 45.2 Å². The van der Waals surface area contributed by atoms with Gasteiger partial charge < -0.3 is 5.32 Å². The second-order valence-electron chi connectivity index (χ2n) is 4.97. The summed E-state index contributed by atoms with van der Waals surface area (Å²) in [5.41, 5.74) is 0. The van der Waals surface area contributed by atoms with Gasteiger partial charge in [0, 0.05) is 19.6 Å². The molecule has 2 aliphatic rings. The highest BCUT2D eigenvalue weighted by Gasteiger charge is 2.35. The molecule has 0 radical (unpaired) electrons. The van der Waals surface area contributed by atoms with Crippen LogP contribution >= 0.6 is 0 Å². The third-order valence-electron chi connectivity index (χ3n) is 3.92. The molecule has 1 atom stereocenters. The normalized spacial score (nSPS) is 28.8. The van der Waals surface area contributed by atoms with Gasteiger partial charge in [0.15, 0.2) is 0 Å². The van der Waals surface area contributed by atoms with Crippen LogP contribution in [0.2, 0.25) is 0 Å². The molecule has 2 fully saturated rings. The first-order valence-corrected chi connectivity index (χ1v) is 7.80. The minimum atomic E-state index is -3.05. The summed E-state index contributed by atoms with van der Waals surface area (Å²) in [6, 6.07) is 0.173. The van der Waals surface area contributed by atoms with Crippen LogP contribution in [0.4, 0.5) is 0 Å². The number of hydrogen-bond acceptors (Lipinski definition) is 3. The molecule has 2 rings (SSSR count). The monoisotopic (exact) mass is 246 g/mol. The Morgan fingerprint density at radius 2 is 1.81 bits per heavy atom. The van der Waals surface area contributed by atoms with Gasteiger partial charge in [-0.3, -0.25) is 0 Å². The molecular formula is C11H22N2O2S. The second-order valence-corrected chi connectivity index (χ2v) is 7.24. The summed E-state index contributed by atoms with van der Waals surface area (Å²) in [6.45, 7) is 1.75. The number of rotatable bonds is 3. The maximum atomic E-state index is 12.4. The Bertz CT molecular complexity index is 317. The average Bonchev–Trinajstić information content (AvgIpc) is 2.82. The number of nitrogens with zero attached hydrogens (tertiary/aromatic N) is 1. The van der Waals surface area contributed by atoms with E-state index >= 15 is 0 Å². The Balaban J connectivity index is 2.04. The fourth-order valence-electron chi connectivity index (χ4n) is 2.76. The van der Waals surface area contributed by atoms with E-state index in [-0.39, 0.29) is 11.3 Å². The molecule has 0 amide bonds. The molecule has 1 aliphatic carbocycles. The Labute approximate surface area is 98.4 Å². The summed E-state index contributed by atoms with van der Waals surface area (Å²) >= 11 is 0. The van der Waals surface area contributed by atoms with Crippen molar-refractivity contribution < 1.29 is 8.42 Å². The second kappa shape index (κ2) is 5.02. The zero-order valence-electron chi connectivity index (χ0n) is 9.98. The van der Waals surface area contributed by atoms with Gasteiger partial charge in [-0.1, -0.05) is 19.3 Å². The number of sulfonamides is 1. The van der Waals surface area contributed by atoms with Crippen LogP contribution in [0.15, 0.2) is 0 Å². The number of likely N-dealkylation sites (N-methyl/N-ethyl adjacent to an activating group) is 1. The van der Waals surface area contributed by atoms with Crippen LogP contribution in [0.1, 0.15) is 38.5 Å². The Morgan fingerprint density at radius 3 is 2.38 bits per heavy atom. The fourth-order valence-corrected chi connectivity index (χ4v) is 4.75. The maximum absolute atomic E-state index is 12.4. The lowest BCUT2D eigenvalue weighted by Crippen LogP contribution is -2.44. The lowest BCUT2D eigenvalue weighted by molar-refractivity contribution is 0.369. The topological polar surface area (TPSA) is 49.4 Å². The molecule has 1 aliphatic heterocycles. The lowest BCUT2D eigenvalue weighted by atomic mass is 10.0. The van der Waals surface area contributed by atoms with Gasteiger partial charge in [0.05, 0.1) is 5.25 Å². The van der Waals surface area contributed by atoms with Crippen LogP contribution in [-0.4, -0.2) is 44.2 Å². The summed E-state index contributed by atoms with van der Waals surface area (Å²) in [4.78, 5) is 0. The number of hydrogen-bond donors (Lipinski definition) is 1. The van der Waals surface area contributed by atoms with E-state index in [1.165, 1.54) is 6.42 Å². The van der Waals surface area contributed by atoms with Gasteiger partial charge in [0.25, 0.3) is 0 Å². The zero-order valence-corrected chi connectivity index (χ0v) is 10.8. The molecule has 0 spiro atoms. The Hall–Kier alpha value is -0.130. The molecule has 1 N–H and O–H groups in total. The van der Waals surface area contributed by atoms with Crippen molar-refractivity contribution in [2.24, 2.45) is 0 Å². The van der Waals surface area contributed by atoms with Gasteiger partial charge in [-0.2, -0.15) is 0 Å². The van der Waals surface area contributed by atoms with Crippen molar-refractivity contribution in [1.29, 1.82) is 0 Å². The van der Waals surface area contributed by atoms with E-state index in [2.05, 4.69) is 5.32 Å². The first-order chi connectivity index (χ1) is 7.62. The highest BCUT2D eigenvalue weighted by molar-refractivity contribution is 7.89. The fraction of sp³-hybridized carbons (Fsp3) is 1.00. The summed E-state index contributed by atoms with van der Waals surface area (Å²) < 4.78 is 26.4. The van der Waals surface area contributed by atoms with Gasteiger partial charge in [-0.05, 0) is 25.8 Å². The van der Waals surface area contributed by atoms with Crippen LogP contribution in [0.3, 0.4) is 0 Å². The highest BCUT2D eigenvalue weighted by Crippen LogP contribution is 2.27.